The minimum atomic E-state index is -0.419. The highest BCUT2D eigenvalue weighted by molar-refractivity contribution is 7.01. The molecule has 0 spiro atoms. The van der Waals surface area contributed by atoms with Crippen LogP contribution in [0.15, 0.2) is 370 Å². The molecule has 16 aromatic carbocycles. The summed E-state index contributed by atoms with van der Waals surface area (Å²) in [5, 5.41) is 5.08. The van der Waals surface area contributed by atoms with E-state index in [4.69, 9.17) is 0 Å². The molecule has 0 N–H and O–H groups in total. The Morgan fingerprint density at radius 3 is 0.766 bits per heavy atom. The van der Waals surface area contributed by atoms with E-state index in [0.717, 1.165) is 29.0 Å². The van der Waals surface area contributed by atoms with Crippen LogP contribution in [0.5, 0.6) is 0 Å². The third-order valence-electron chi connectivity index (χ3n) is 28.5. The topological polar surface area (TPSA) is 23.0 Å². The number of fused-ring (bicyclic) bond motifs is 8. The quantitative estimate of drug-likeness (QED) is 0.0995. The standard InChI is InChI=1S/C121H99B2N5/c1-75-62-100-108-101(63-75)126-113(106(79-44-26-15-27-45-79)94-66-87(120(8,9)10)69-97(115(94)126)122(108)96-68-85(118(2,3)4)64-92-104(77-40-22-13-23-41-77)110(125(100)114(92)96)81-48-30-17-31-49-81)84-60-58-76(59-61-84)74-121(11,12)88-67-95-107(80-46-28-16-29-47-80)112(83-52-34-19-35-53-83)128-103-73-91(124(89-54-36-20-37-55-89)90-56-38-21-39-57-90)72-102-109(103)123(99(71-88)117(95)128)98-70-86(119(5,6)7)65-93-105(78-42-24-14-25-43-78)111(127(102)116(93)98)82-50-32-18-33-51-82/h13-73H,74H2,1-12H3. The summed E-state index contributed by atoms with van der Waals surface area (Å²) in [5.41, 5.74) is 47.3. The first kappa shape index (κ1) is 77.2. The highest BCUT2D eigenvalue weighted by atomic mass is 15.2. The second-order valence-electron chi connectivity index (χ2n) is 40.1. The van der Waals surface area contributed by atoms with E-state index in [9.17, 15) is 0 Å². The zero-order valence-corrected chi connectivity index (χ0v) is 74.8. The van der Waals surface area contributed by atoms with Crippen LogP contribution >= 0.6 is 0 Å². The van der Waals surface area contributed by atoms with Crippen molar-refractivity contribution in [1.82, 2.24) is 18.3 Å². The van der Waals surface area contributed by atoms with Gasteiger partial charge in [0.15, 0.2) is 0 Å². The molecule has 614 valence electrons. The molecule has 0 saturated heterocycles. The molecule has 0 unspecified atom stereocenters. The third-order valence-corrected chi connectivity index (χ3v) is 28.5. The second kappa shape index (κ2) is 28.6. The molecule has 0 atom stereocenters. The van der Waals surface area contributed by atoms with Gasteiger partial charge in [-0.25, -0.2) is 0 Å². The zero-order chi connectivity index (χ0) is 86.7. The van der Waals surface area contributed by atoms with Crippen LogP contribution in [-0.2, 0) is 28.1 Å². The minimum absolute atomic E-state index is 0.0749. The number of aryl methyl sites for hydroxylation is 1. The van der Waals surface area contributed by atoms with Crippen molar-refractivity contribution >= 4 is 107 Å². The molecule has 128 heavy (non-hydrogen) atoms. The highest BCUT2D eigenvalue weighted by Crippen LogP contribution is 2.54. The van der Waals surface area contributed by atoms with Crippen LogP contribution in [0.4, 0.5) is 17.1 Å². The van der Waals surface area contributed by atoms with E-state index in [1.165, 1.54) is 216 Å². The van der Waals surface area contributed by atoms with Crippen molar-refractivity contribution in [3.63, 3.8) is 0 Å². The number of benzene rings is 16. The third kappa shape index (κ3) is 11.8. The van der Waals surface area contributed by atoms with Gasteiger partial charge in [0, 0.05) is 100.0 Å². The Bertz CT molecular complexity index is 7880. The van der Waals surface area contributed by atoms with Crippen molar-refractivity contribution in [2.24, 2.45) is 0 Å². The Morgan fingerprint density at radius 2 is 0.484 bits per heavy atom. The Morgan fingerprint density at radius 1 is 0.242 bits per heavy atom. The number of hydrogen-bond acceptors (Lipinski definition) is 1. The summed E-state index contributed by atoms with van der Waals surface area (Å²) >= 11 is 0. The average molecular weight is 1640 g/mol. The molecular weight excluding hydrogens is 1540 g/mol. The van der Waals surface area contributed by atoms with Gasteiger partial charge < -0.3 is 23.2 Å². The fourth-order valence-electron chi connectivity index (χ4n) is 22.6. The summed E-state index contributed by atoms with van der Waals surface area (Å²) in [6.45, 7) is 28.7. The van der Waals surface area contributed by atoms with Gasteiger partial charge in [-0.2, -0.15) is 0 Å². The first-order valence-corrected chi connectivity index (χ1v) is 45.7. The van der Waals surface area contributed by atoms with Gasteiger partial charge in [-0.1, -0.05) is 373 Å². The molecule has 24 rings (SSSR count). The molecule has 0 saturated carbocycles. The van der Waals surface area contributed by atoms with Crippen LogP contribution in [0, 0.1) is 6.92 Å². The van der Waals surface area contributed by atoms with Crippen LogP contribution in [0.25, 0.3) is 156 Å². The maximum Gasteiger partial charge on any atom is 0.252 e. The molecule has 0 radical (unpaired) electrons. The zero-order valence-electron chi connectivity index (χ0n) is 74.8. The lowest BCUT2D eigenvalue weighted by molar-refractivity contribution is 0.523. The molecule has 4 aromatic heterocycles. The lowest BCUT2D eigenvalue weighted by Crippen LogP contribution is -2.60. The highest BCUT2D eigenvalue weighted by Gasteiger charge is 2.48. The van der Waals surface area contributed by atoms with Crippen molar-refractivity contribution < 1.29 is 0 Å². The SMILES string of the molecule is Cc1cc2c3c(c1)-n1c(-c4ccc(CC(C)(C)c5cc6c7c(c5)c(-c5ccccc5)c(-c5ccccc5)n7-c5cc(N(c7ccccc7)c7ccccc7)cc7c5B6c5cc(C(C)(C)C)cc6c(-c8ccccc8)c(-c8ccccc8)n-7c56)cc4)c(-c4ccccc4)c4cc(C(C)(C)C)cc(c41)B3c1cc(C(C)(C)C)cc3c(-c4ccccc4)c(-c4ccccc4)n-2c13. The Balaban J connectivity index is 0.746. The number of rotatable bonds is 14. The normalized spacial score (nSPS) is 13.0. The largest absolute Gasteiger partial charge is 0.310 e. The van der Waals surface area contributed by atoms with Crippen LogP contribution in [-0.4, -0.2) is 31.7 Å². The summed E-state index contributed by atoms with van der Waals surface area (Å²) in [4.78, 5) is 2.48. The summed E-state index contributed by atoms with van der Waals surface area (Å²) in [6.07, 6.45) is 0.778. The van der Waals surface area contributed by atoms with E-state index in [1.807, 2.05) is 0 Å². The summed E-state index contributed by atoms with van der Waals surface area (Å²) in [7, 11) is 0. The Hall–Kier alpha value is -14.4. The predicted molar refractivity (Wildman–Crippen MR) is 545 cm³/mol. The molecule has 0 aliphatic carbocycles. The number of aromatic nitrogens is 4. The van der Waals surface area contributed by atoms with Gasteiger partial charge in [-0.05, 0) is 218 Å². The molecule has 0 fully saturated rings. The smallest absolute Gasteiger partial charge is 0.252 e. The number of anilines is 3. The Kier molecular flexibility index (Phi) is 17.2. The van der Waals surface area contributed by atoms with E-state index in [-0.39, 0.29) is 29.7 Å². The van der Waals surface area contributed by atoms with Crippen molar-refractivity contribution in [2.75, 3.05) is 4.90 Å². The van der Waals surface area contributed by atoms with Crippen molar-refractivity contribution in [2.45, 2.75) is 111 Å². The minimum Gasteiger partial charge on any atom is -0.310 e. The lowest BCUT2D eigenvalue weighted by atomic mass is 9.33. The van der Waals surface area contributed by atoms with Gasteiger partial charge >= 0.3 is 0 Å². The maximum atomic E-state index is 2.73. The van der Waals surface area contributed by atoms with Crippen LogP contribution in [0.1, 0.15) is 110 Å². The predicted octanol–water partition coefficient (Wildman–Crippen LogP) is 27.3. The van der Waals surface area contributed by atoms with Gasteiger partial charge in [0.05, 0.1) is 28.5 Å². The Labute approximate surface area is 751 Å². The van der Waals surface area contributed by atoms with Gasteiger partial charge in [0.1, 0.15) is 0 Å². The van der Waals surface area contributed by atoms with E-state index >= 15 is 0 Å². The summed E-state index contributed by atoms with van der Waals surface area (Å²) in [5.74, 6) is 0. The molecule has 8 heterocycles. The average Bonchev–Trinajstić information content (AvgIpc) is 1.49. The second-order valence-corrected chi connectivity index (χ2v) is 40.1. The van der Waals surface area contributed by atoms with Crippen LogP contribution in [0.2, 0.25) is 0 Å². The van der Waals surface area contributed by atoms with E-state index in [1.54, 1.807) is 0 Å². The molecule has 4 aliphatic rings. The fourth-order valence-corrected chi connectivity index (χ4v) is 22.6. The number of hydrogen-bond donors (Lipinski definition) is 0. The monoisotopic (exact) mass is 1640 g/mol. The van der Waals surface area contributed by atoms with Gasteiger partial charge in [-0.15, -0.1) is 0 Å². The number of para-hydroxylation sites is 2. The molecular formula is C121H99B2N5. The summed E-state index contributed by atoms with van der Waals surface area (Å²) < 4.78 is 10.8. The molecule has 4 aliphatic heterocycles. The van der Waals surface area contributed by atoms with Gasteiger partial charge in [0.2, 0.25) is 0 Å². The molecule has 5 nitrogen and oxygen atoms in total. The van der Waals surface area contributed by atoms with Crippen molar-refractivity contribution in [1.29, 1.82) is 0 Å². The van der Waals surface area contributed by atoms with E-state index < -0.39 is 5.41 Å². The summed E-state index contributed by atoms with van der Waals surface area (Å²) in [6, 6.07) is 142. The number of nitrogens with zero attached hydrogens (tertiary/aromatic N) is 5. The maximum absolute atomic E-state index is 2.73. The van der Waals surface area contributed by atoms with Crippen LogP contribution < -0.4 is 37.7 Å². The van der Waals surface area contributed by atoms with Crippen LogP contribution in [0.3, 0.4) is 0 Å². The van der Waals surface area contributed by atoms with Gasteiger partial charge in [-0.3, -0.25) is 0 Å². The van der Waals surface area contributed by atoms with E-state index in [0.29, 0.717) is 0 Å². The molecule has 0 amide bonds. The molecule has 7 heteroatoms. The van der Waals surface area contributed by atoms with Crippen molar-refractivity contribution in [3.8, 4) is 112 Å². The molecule has 20 aromatic rings. The first-order valence-electron chi connectivity index (χ1n) is 45.7. The first-order chi connectivity index (χ1) is 62.1. The molecule has 0 bridgehead atoms. The van der Waals surface area contributed by atoms with Crippen molar-refractivity contribution in [3.05, 3.63) is 403 Å². The fraction of sp³-hybridized carbons (Fsp3) is 0.140. The van der Waals surface area contributed by atoms with E-state index in [2.05, 4.69) is 476 Å². The van der Waals surface area contributed by atoms with Gasteiger partial charge in [0.25, 0.3) is 13.4 Å². The lowest BCUT2D eigenvalue weighted by Gasteiger charge is -2.37.